The molecule has 0 aliphatic rings. The van der Waals surface area contributed by atoms with Gasteiger partial charge in [-0.25, -0.2) is 0 Å². The Morgan fingerprint density at radius 1 is 0.457 bits per heavy atom. The number of anilines is 4. The van der Waals surface area contributed by atoms with E-state index in [1.54, 1.807) is 0 Å². The number of unbranched alkanes of at least 4 members (excludes halogenated alkanes) is 6. The van der Waals surface area contributed by atoms with Crippen molar-refractivity contribution in [3.63, 3.8) is 0 Å². The normalized spacial score (nSPS) is 10.2. The minimum Gasteiger partial charge on any atom is -0.356 e. The summed E-state index contributed by atoms with van der Waals surface area (Å²) < 4.78 is 0. The molecule has 0 bridgehead atoms. The summed E-state index contributed by atoms with van der Waals surface area (Å²) in [6, 6.07) is 41.8. The Bertz CT molecular complexity index is 941. The molecule has 4 aromatic rings. The van der Waals surface area contributed by atoms with Crippen LogP contribution in [-0.2, 0) is 0 Å². The van der Waals surface area contributed by atoms with Crippen molar-refractivity contribution in [2.24, 2.45) is 0 Å². The van der Waals surface area contributed by atoms with Gasteiger partial charge in [-0.1, -0.05) is 118 Å². The lowest BCUT2D eigenvalue weighted by Gasteiger charge is -2.25. The summed E-state index contributed by atoms with van der Waals surface area (Å²) >= 11 is 0. The number of para-hydroxylation sites is 4. The van der Waals surface area contributed by atoms with Crippen molar-refractivity contribution in [2.45, 2.75) is 51.9 Å². The topological polar surface area (TPSA) is 15.3 Å². The van der Waals surface area contributed by atoms with E-state index < -0.39 is 0 Å². The quantitative estimate of drug-likeness (QED) is 0.210. The third kappa shape index (κ3) is 10.1. The second kappa shape index (κ2) is 16.2. The lowest BCUT2D eigenvalue weighted by atomic mass is 10.1. The molecule has 4 rings (SSSR count). The number of hydrogen-bond acceptors (Lipinski definition) is 2. The second-order valence-corrected chi connectivity index (χ2v) is 8.80. The minimum atomic E-state index is 1.10. The van der Waals surface area contributed by atoms with Crippen molar-refractivity contribution in [3.05, 3.63) is 121 Å². The van der Waals surface area contributed by atoms with Crippen LogP contribution in [0.4, 0.5) is 22.7 Å². The largest absolute Gasteiger partial charge is 0.356 e. The van der Waals surface area contributed by atoms with Gasteiger partial charge >= 0.3 is 0 Å². The van der Waals surface area contributed by atoms with Crippen LogP contribution in [0, 0.1) is 0 Å². The maximum atomic E-state index is 3.30. The van der Waals surface area contributed by atoms with E-state index in [0.29, 0.717) is 0 Å². The first kappa shape index (κ1) is 26.1. The van der Waals surface area contributed by atoms with Crippen LogP contribution in [0.15, 0.2) is 121 Å². The SMILES string of the molecule is CCCCCCCCCN(c1ccccc1)c1ccccc1.c1ccc(Nc2ccccc2)cc1. The molecule has 4 aromatic carbocycles. The van der Waals surface area contributed by atoms with Gasteiger partial charge in [0.05, 0.1) is 0 Å². The summed E-state index contributed by atoms with van der Waals surface area (Å²) in [5, 5.41) is 3.30. The molecular weight excluding hydrogens is 424 g/mol. The molecule has 0 spiro atoms. The molecule has 0 heterocycles. The minimum absolute atomic E-state index is 1.10. The monoisotopic (exact) mass is 464 g/mol. The Balaban J connectivity index is 0.000000223. The van der Waals surface area contributed by atoms with Gasteiger partial charge in [0.15, 0.2) is 0 Å². The van der Waals surface area contributed by atoms with Gasteiger partial charge in [0.25, 0.3) is 0 Å². The molecule has 0 atom stereocenters. The van der Waals surface area contributed by atoms with Gasteiger partial charge in [-0.05, 0) is 55.0 Å². The molecule has 2 nitrogen and oxygen atoms in total. The molecule has 1 N–H and O–H groups in total. The van der Waals surface area contributed by atoms with Gasteiger partial charge < -0.3 is 10.2 Å². The van der Waals surface area contributed by atoms with Gasteiger partial charge in [0, 0.05) is 29.3 Å². The van der Waals surface area contributed by atoms with Crippen molar-refractivity contribution >= 4 is 22.7 Å². The third-order valence-electron chi connectivity index (χ3n) is 5.96. The number of hydrogen-bond donors (Lipinski definition) is 1. The molecule has 0 radical (unpaired) electrons. The smallest absolute Gasteiger partial charge is 0.0410 e. The standard InChI is InChI=1S/C21H29N.C12H11N/c1-2-3-4-5-6-7-14-19-22(20-15-10-8-11-16-20)21-17-12-9-13-18-21;1-3-7-11(8-4-1)13-12-9-5-2-6-10-12/h8-13,15-18H,2-7,14,19H2,1H3;1-10,13H. The Kier molecular flexibility index (Phi) is 12.1. The Hall–Kier alpha value is -3.52. The molecule has 0 fully saturated rings. The molecule has 182 valence electrons. The van der Waals surface area contributed by atoms with E-state index in [1.165, 1.54) is 56.3 Å². The van der Waals surface area contributed by atoms with Crippen molar-refractivity contribution in [1.29, 1.82) is 0 Å². The number of nitrogens with one attached hydrogen (secondary N) is 1. The molecule has 0 unspecified atom stereocenters. The first-order valence-corrected chi connectivity index (χ1v) is 13.1. The van der Waals surface area contributed by atoms with Crippen molar-refractivity contribution < 1.29 is 0 Å². The third-order valence-corrected chi connectivity index (χ3v) is 5.96. The van der Waals surface area contributed by atoms with Crippen LogP contribution in [0.1, 0.15) is 51.9 Å². The highest BCUT2D eigenvalue weighted by molar-refractivity contribution is 5.62. The summed E-state index contributed by atoms with van der Waals surface area (Å²) in [4.78, 5) is 2.44. The van der Waals surface area contributed by atoms with E-state index in [4.69, 9.17) is 0 Å². The van der Waals surface area contributed by atoms with Crippen LogP contribution in [0.2, 0.25) is 0 Å². The molecule has 0 amide bonds. The first-order valence-electron chi connectivity index (χ1n) is 13.1. The van der Waals surface area contributed by atoms with E-state index in [-0.39, 0.29) is 0 Å². The maximum absolute atomic E-state index is 3.30. The van der Waals surface area contributed by atoms with Crippen molar-refractivity contribution in [2.75, 3.05) is 16.8 Å². The number of benzene rings is 4. The summed E-state index contributed by atoms with van der Waals surface area (Å²) in [6.07, 6.45) is 9.48. The van der Waals surface area contributed by atoms with E-state index in [0.717, 1.165) is 17.9 Å². The first-order chi connectivity index (χ1) is 17.4. The fraction of sp³-hybridized carbons (Fsp3) is 0.273. The Morgan fingerprint density at radius 3 is 1.26 bits per heavy atom. The van der Waals surface area contributed by atoms with Crippen LogP contribution in [-0.4, -0.2) is 6.54 Å². The van der Waals surface area contributed by atoms with Crippen LogP contribution >= 0.6 is 0 Å². The highest BCUT2D eigenvalue weighted by atomic mass is 15.1. The van der Waals surface area contributed by atoms with Gasteiger partial charge in [-0.15, -0.1) is 0 Å². The summed E-state index contributed by atoms with van der Waals surface area (Å²) in [5.41, 5.74) is 4.82. The van der Waals surface area contributed by atoms with Crippen LogP contribution in [0.5, 0.6) is 0 Å². The predicted molar refractivity (Wildman–Crippen MR) is 154 cm³/mol. The van der Waals surface area contributed by atoms with Crippen molar-refractivity contribution in [1.82, 2.24) is 0 Å². The van der Waals surface area contributed by atoms with E-state index in [2.05, 4.69) is 77.8 Å². The lowest BCUT2D eigenvalue weighted by Crippen LogP contribution is -2.18. The van der Waals surface area contributed by atoms with Gasteiger partial charge in [-0.3, -0.25) is 0 Å². The van der Waals surface area contributed by atoms with Crippen LogP contribution < -0.4 is 10.2 Å². The van der Waals surface area contributed by atoms with E-state index in [1.807, 2.05) is 60.7 Å². The molecule has 0 saturated heterocycles. The lowest BCUT2D eigenvalue weighted by molar-refractivity contribution is 0.591. The van der Waals surface area contributed by atoms with Crippen LogP contribution in [0.3, 0.4) is 0 Å². The maximum Gasteiger partial charge on any atom is 0.0410 e. The highest BCUT2D eigenvalue weighted by Crippen LogP contribution is 2.25. The van der Waals surface area contributed by atoms with Gasteiger partial charge in [-0.2, -0.15) is 0 Å². The fourth-order valence-corrected chi connectivity index (χ4v) is 4.06. The van der Waals surface area contributed by atoms with E-state index in [9.17, 15) is 0 Å². The average Bonchev–Trinajstić information content (AvgIpc) is 2.93. The van der Waals surface area contributed by atoms with Gasteiger partial charge in [0.2, 0.25) is 0 Å². The average molecular weight is 465 g/mol. The predicted octanol–water partition coefficient (Wildman–Crippen LogP) is 10.0. The molecule has 0 aliphatic carbocycles. The zero-order chi connectivity index (χ0) is 24.4. The number of nitrogens with zero attached hydrogens (tertiary/aromatic N) is 1. The summed E-state index contributed by atoms with van der Waals surface area (Å²) in [7, 11) is 0. The second-order valence-electron chi connectivity index (χ2n) is 8.80. The molecule has 35 heavy (non-hydrogen) atoms. The summed E-state index contributed by atoms with van der Waals surface area (Å²) in [6.45, 7) is 3.37. The molecule has 0 aromatic heterocycles. The van der Waals surface area contributed by atoms with Gasteiger partial charge in [0.1, 0.15) is 0 Å². The number of rotatable bonds is 12. The molecule has 0 saturated carbocycles. The van der Waals surface area contributed by atoms with E-state index >= 15 is 0 Å². The molecular formula is C33H40N2. The Labute approximate surface area is 212 Å². The zero-order valence-electron chi connectivity index (χ0n) is 21.2. The molecule has 2 heteroatoms. The highest BCUT2D eigenvalue weighted by Gasteiger charge is 2.07. The van der Waals surface area contributed by atoms with Crippen LogP contribution in [0.25, 0.3) is 0 Å². The molecule has 0 aliphatic heterocycles. The fourth-order valence-electron chi connectivity index (χ4n) is 4.06. The Morgan fingerprint density at radius 2 is 0.829 bits per heavy atom. The summed E-state index contributed by atoms with van der Waals surface area (Å²) in [5.74, 6) is 0. The zero-order valence-corrected chi connectivity index (χ0v) is 21.2. The van der Waals surface area contributed by atoms with Crippen molar-refractivity contribution in [3.8, 4) is 0 Å².